The average molecular weight is 306 g/mol. The van der Waals surface area contributed by atoms with Crippen molar-refractivity contribution >= 4 is 11.0 Å². The maximum Gasteiger partial charge on any atom is 0.141 e. The van der Waals surface area contributed by atoms with E-state index in [1.807, 2.05) is 0 Å². The predicted octanol–water partition coefficient (Wildman–Crippen LogP) is 6.06. The van der Waals surface area contributed by atoms with E-state index in [0.29, 0.717) is 0 Å². The zero-order chi connectivity index (χ0) is 15.9. The molecule has 0 atom stereocenters. The molecule has 0 fully saturated rings. The largest absolute Gasteiger partial charge is 0.324 e. The third-order valence-electron chi connectivity index (χ3n) is 4.42. The van der Waals surface area contributed by atoms with Crippen LogP contribution in [0, 0.1) is 0 Å². The fraction of sp³-hybridized carbons (Fsp3) is 0.381. The predicted molar refractivity (Wildman–Crippen MR) is 98.5 cm³/mol. The zero-order valence-electron chi connectivity index (χ0n) is 14.0. The van der Waals surface area contributed by atoms with E-state index in [9.17, 15) is 0 Å². The number of imidazole rings is 1. The van der Waals surface area contributed by atoms with Crippen molar-refractivity contribution in [3.63, 3.8) is 0 Å². The van der Waals surface area contributed by atoms with E-state index in [1.165, 1.54) is 49.6 Å². The lowest BCUT2D eigenvalue weighted by molar-refractivity contribution is 0.566. The number of fused-ring (bicyclic) bond motifs is 1. The first-order chi connectivity index (χ1) is 11.4. The fourth-order valence-electron chi connectivity index (χ4n) is 3.16. The minimum Gasteiger partial charge on any atom is -0.324 e. The third kappa shape index (κ3) is 3.82. The first-order valence-electron chi connectivity index (χ1n) is 8.91. The fourth-order valence-corrected chi connectivity index (χ4v) is 3.16. The highest BCUT2D eigenvalue weighted by Gasteiger charge is 2.11. The van der Waals surface area contributed by atoms with Crippen LogP contribution in [0.2, 0.25) is 0 Å². The number of unbranched alkanes of at least 4 members (excludes halogenated alkanes) is 5. The Morgan fingerprint density at radius 1 is 0.783 bits per heavy atom. The van der Waals surface area contributed by atoms with Gasteiger partial charge in [0, 0.05) is 12.1 Å². The quantitative estimate of drug-likeness (QED) is 0.462. The summed E-state index contributed by atoms with van der Waals surface area (Å²) in [5, 5.41) is 0. The van der Waals surface area contributed by atoms with E-state index in [4.69, 9.17) is 4.98 Å². The SMILES string of the molecule is CCCCCCCCn1c(-c2ccccc2)nc2ccccc21. The molecule has 2 heteroatoms. The summed E-state index contributed by atoms with van der Waals surface area (Å²) in [5.41, 5.74) is 3.55. The summed E-state index contributed by atoms with van der Waals surface area (Å²) in [6, 6.07) is 19.0. The summed E-state index contributed by atoms with van der Waals surface area (Å²) in [4.78, 5) is 4.87. The van der Waals surface area contributed by atoms with Crippen LogP contribution in [-0.2, 0) is 6.54 Å². The monoisotopic (exact) mass is 306 g/mol. The van der Waals surface area contributed by atoms with E-state index in [0.717, 1.165) is 17.9 Å². The van der Waals surface area contributed by atoms with E-state index >= 15 is 0 Å². The van der Waals surface area contributed by atoms with Crippen molar-refractivity contribution in [1.29, 1.82) is 0 Å². The first-order valence-corrected chi connectivity index (χ1v) is 8.91. The third-order valence-corrected chi connectivity index (χ3v) is 4.42. The molecule has 0 bridgehead atoms. The summed E-state index contributed by atoms with van der Waals surface area (Å²) in [7, 11) is 0. The standard InChI is InChI=1S/C21H26N2/c1-2-3-4-5-6-12-17-23-20-16-11-10-15-19(20)22-21(23)18-13-8-7-9-14-18/h7-11,13-16H,2-6,12,17H2,1H3. The second-order valence-electron chi connectivity index (χ2n) is 6.21. The Kier molecular flexibility index (Phi) is 5.46. The van der Waals surface area contributed by atoms with E-state index in [2.05, 4.69) is 66.1 Å². The van der Waals surface area contributed by atoms with Gasteiger partial charge in [-0.15, -0.1) is 0 Å². The van der Waals surface area contributed by atoms with Crippen LogP contribution in [-0.4, -0.2) is 9.55 Å². The molecule has 1 heterocycles. The van der Waals surface area contributed by atoms with Crippen LogP contribution in [0.4, 0.5) is 0 Å². The minimum absolute atomic E-state index is 1.05. The van der Waals surface area contributed by atoms with Crippen LogP contribution < -0.4 is 0 Å². The average Bonchev–Trinajstić information content (AvgIpc) is 2.97. The molecule has 3 aromatic rings. The van der Waals surface area contributed by atoms with E-state index < -0.39 is 0 Å². The highest BCUT2D eigenvalue weighted by atomic mass is 15.1. The van der Waals surface area contributed by atoms with Gasteiger partial charge in [-0.25, -0.2) is 4.98 Å². The van der Waals surface area contributed by atoms with Gasteiger partial charge in [-0.2, -0.15) is 0 Å². The summed E-state index contributed by atoms with van der Waals surface area (Å²) in [6.45, 7) is 3.32. The molecule has 0 aliphatic carbocycles. The molecule has 0 N–H and O–H groups in total. The molecular formula is C21H26N2. The van der Waals surface area contributed by atoms with Crippen molar-refractivity contribution < 1.29 is 0 Å². The summed E-state index contributed by atoms with van der Waals surface area (Å²) < 4.78 is 2.39. The number of benzene rings is 2. The molecule has 23 heavy (non-hydrogen) atoms. The Morgan fingerprint density at radius 3 is 2.30 bits per heavy atom. The number of hydrogen-bond acceptors (Lipinski definition) is 1. The lowest BCUT2D eigenvalue weighted by Crippen LogP contribution is -2.01. The Bertz CT molecular complexity index is 728. The van der Waals surface area contributed by atoms with Gasteiger partial charge in [0.15, 0.2) is 0 Å². The molecule has 0 saturated heterocycles. The molecule has 0 spiro atoms. The van der Waals surface area contributed by atoms with E-state index in [1.54, 1.807) is 0 Å². The van der Waals surface area contributed by atoms with Gasteiger partial charge in [-0.1, -0.05) is 81.5 Å². The van der Waals surface area contributed by atoms with Gasteiger partial charge in [0.05, 0.1) is 11.0 Å². The van der Waals surface area contributed by atoms with Crippen molar-refractivity contribution in [2.24, 2.45) is 0 Å². The number of para-hydroxylation sites is 2. The second kappa shape index (κ2) is 7.96. The minimum atomic E-state index is 1.05. The zero-order valence-corrected chi connectivity index (χ0v) is 14.0. The molecule has 120 valence electrons. The summed E-state index contributed by atoms with van der Waals surface area (Å²) in [6.07, 6.45) is 7.92. The van der Waals surface area contributed by atoms with Gasteiger partial charge < -0.3 is 4.57 Å². The maximum absolute atomic E-state index is 4.87. The van der Waals surface area contributed by atoms with Crippen LogP contribution in [0.15, 0.2) is 54.6 Å². The van der Waals surface area contributed by atoms with Crippen LogP contribution in [0.1, 0.15) is 45.4 Å². The number of rotatable bonds is 8. The van der Waals surface area contributed by atoms with Gasteiger partial charge >= 0.3 is 0 Å². The van der Waals surface area contributed by atoms with Gasteiger partial charge in [0.2, 0.25) is 0 Å². The van der Waals surface area contributed by atoms with Crippen molar-refractivity contribution in [2.75, 3.05) is 0 Å². The number of aryl methyl sites for hydroxylation is 1. The van der Waals surface area contributed by atoms with Gasteiger partial charge in [0.1, 0.15) is 5.82 Å². The molecule has 2 aromatic carbocycles. The molecule has 0 aliphatic heterocycles. The molecule has 1 aromatic heterocycles. The molecule has 0 aliphatic rings. The topological polar surface area (TPSA) is 17.8 Å². The Hall–Kier alpha value is -2.09. The Labute approximate surface area is 139 Å². The second-order valence-corrected chi connectivity index (χ2v) is 6.21. The van der Waals surface area contributed by atoms with Crippen LogP contribution in [0.5, 0.6) is 0 Å². The number of nitrogens with zero attached hydrogens (tertiary/aromatic N) is 2. The maximum atomic E-state index is 4.87. The highest BCUT2D eigenvalue weighted by molar-refractivity contribution is 5.80. The lowest BCUT2D eigenvalue weighted by Gasteiger charge is -2.09. The van der Waals surface area contributed by atoms with Crippen molar-refractivity contribution in [3.8, 4) is 11.4 Å². The molecule has 0 amide bonds. The van der Waals surface area contributed by atoms with Crippen LogP contribution >= 0.6 is 0 Å². The molecule has 3 rings (SSSR count). The molecule has 0 saturated carbocycles. The highest BCUT2D eigenvalue weighted by Crippen LogP contribution is 2.25. The normalized spacial score (nSPS) is 11.2. The Balaban J connectivity index is 1.80. The lowest BCUT2D eigenvalue weighted by atomic mass is 10.1. The van der Waals surface area contributed by atoms with Crippen LogP contribution in [0.3, 0.4) is 0 Å². The molecular weight excluding hydrogens is 280 g/mol. The molecule has 0 unspecified atom stereocenters. The number of aromatic nitrogens is 2. The van der Waals surface area contributed by atoms with Gasteiger partial charge in [0.25, 0.3) is 0 Å². The first kappa shape index (κ1) is 15.8. The van der Waals surface area contributed by atoms with Crippen molar-refractivity contribution in [3.05, 3.63) is 54.6 Å². The van der Waals surface area contributed by atoms with E-state index in [-0.39, 0.29) is 0 Å². The molecule has 2 nitrogen and oxygen atoms in total. The number of hydrogen-bond donors (Lipinski definition) is 0. The van der Waals surface area contributed by atoms with Gasteiger partial charge in [-0.05, 0) is 18.6 Å². The summed E-state index contributed by atoms with van der Waals surface area (Å²) in [5.74, 6) is 1.10. The smallest absolute Gasteiger partial charge is 0.141 e. The molecule has 0 radical (unpaired) electrons. The van der Waals surface area contributed by atoms with Crippen LogP contribution in [0.25, 0.3) is 22.4 Å². The summed E-state index contributed by atoms with van der Waals surface area (Å²) >= 11 is 0. The Morgan fingerprint density at radius 2 is 1.48 bits per heavy atom. The van der Waals surface area contributed by atoms with Crippen molar-refractivity contribution in [1.82, 2.24) is 9.55 Å². The van der Waals surface area contributed by atoms with Crippen molar-refractivity contribution in [2.45, 2.75) is 52.0 Å². The van der Waals surface area contributed by atoms with Gasteiger partial charge in [-0.3, -0.25) is 0 Å².